The van der Waals surface area contributed by atoms with Crippen LogP contribution >= 0.6 is 0 Å². The second-order valence-corrected chi connectivity index (χ2v) is 8.89. The highest BCUT2D eigenvalue weighted by Crippen LogP contribution is 2.39. The van der Waals surface area contributed by atoms with Crippen LogP contribution in [0.3, 0.4) is 0 Å². The molecule has 8 heteroatoms. The zero-order chi connectivity index (χ0) is 23.2. The number of nitrogens with zero attached hydrogens (tertiary/aromatic N) is 1. The molecule has 2 fully saturated rings. The molecule has 2 heterocycles. The molecule has 2 aliphatic heterocycles. The van der Waals surface area contributed by atoms with Crippen LogP contribution in [-0.4, -0.2) is 42.4 Å². The van der Waals surface area contributed by atoms with Gasteiger partial charge in [-0.15, -0.1) is 0 Å². The molecule has 0 spiro atoms. The molecule has 0 bridgehead atoms. The fraction of sp³-hybridized carbons (Fsp3) is 0.417. The van der Waals surface area contributed by atoms with E-state index in [4.69, 9.17) is 0 Å². The molecule has 0 saturated carbocycles. The number of likely N-dealkylation sites (N-methyl/N-ethyl adjacent to an activating group) is 1. The second kappa shape index (κ2) is 8.58. The lowest BCUT2D eigenvalue weighted by molar-refractivity contribution is -0.140. The van der Waals surface area contributed by atoms with Crippen molar-refractivity contribution >= 4 is 17.5 Å². The maximum absolute atomic E-state index is 13.5. The van der Waals surface area contributed by atoms with Crippen molar-refractivity contribution in [1.82, 2.24) is 10.2 Å². The van der Waals surface area contributed by atoms with Crippen LogP contribution in [0.2, 0.25) is 0 Å². The lowest BCUT2D eigenvalue weighted by Gasteiger charge is -2.47. The van der Waals surface area contributed by atoms with E-state index >= 15 is 0 Å². The molecule has 32 heavy (non-hydrogen) atoms. The summed E-state index contributed by atoms with van der Waals surface area (Å²) in [4.78, 5) is 27.5. The molecule has 2 aromatic carbocycles. The number of hydrogen-bond donors (Lipinski definition) is 2. The highest BCUT2D eigenvalue weighted by molar-refractivity contribution is 6.04. The van der Waals surface area contributed by atoms with Gasteiger partial charge in [-0.1, -0.05) is 6.07 Å². The van der Waals surface area contributed by atoms with Crippen molar-refractivity contribution in [2.75, 3.05) is 18.9 Å². The van der Waals surface area contributed by atoms with Crippen LogP contribution in [0.15, 0.2) is 30.3 Å². The molecule has 4 atom stereocenters. The quantitative estimate of drug-likeness (QED) is 0.703. The van der Waals surface area contributed by atoms with Crippen molar-refractivity contribution in [1.29, 1.82) is 0 Å². The first-order chi connectivity index (χ1) is 15.2. The minimum atomic E-state index is -1.62. The number of likely N-dealkylation sites (tertiary alicyclic amines) is 1. The molecule has 0 aliphatic carbocycles. The number of benzene rings is 2. The van der Waals surface area contributed by atoms with E-state index in [2.05, 4.69) is 17.6 Å². The Bertz CT molecular complexity index is 1050. The number of rotatable bonds is 3. The van der Waals surface area contributed by atoms with E-state index < -0.39 is 23.4 Å². The standard InChI is InChI=1S/C24H26F3N3O2/c1-12-4-5-16(29-23(31)14-8-19(25)22(27)20(26)9-14)10-17(12)18-7-15-11-28-13(2)6-21(15)30(3)24(18)32/h4-5,8-10,13,15,18,21,28H,6-7,11H2,1-3H3,(H,29,31). The van der Waals surface area contributed by atoms with Crippen LogP contribution < -0.4 is 10.6 Å². The first kappa shape index (κ1) is 22.3. The number of fused-ring (bicyclic) bond motifs is 1. The molecule has 2 N–H and O–H groups in total. The van der Waals surface area contributed by atoms with E-state index in [-0.39, 0.29) is 23.4 Å². The number of amides is 2. The summed E-state index contributed by atoms with van der Waals surface area (Å²) >= 11 is 0. The second-order valence-electron chi connectivity index (χ2n) is 8.89. The molecule has 2 amide bonds. The minimum Gasteiger partial charge on any atom is -0.342 e. The normalized spacial score (nSPS) is 25.4. The smallest absolute Gasteiger partial charge is 0.255 e. The largest absolute Gasteiger partial charge is 0.342 e. The van der Waals surface area contributed by atoms with E-state index in [1.165, 1.54) is 0 Å². The summed E-state index contributed by atoms with van der Waals surface area (Å²) in [6.45, 7) is 4.87. The maximum atomic E-state index is 13.5. The molecular weight excluding hydrogens is 419 g/mol. The molecule has 4 unspecified atom stereocenters. The van der Waals surface area contributed by atoms with E-state index in [0.29, 0.717) is 36.2 Å². The lowest BCUT2D eigenvalue weighted by Crippen LogP contribution is -2.57. The Morgan fingerprint density at radius 2 is 1.81 bits per heavy atom. The summed E-state index contributed by atoms with van der Waals surface area (Å²) in [5.74, 6) is -5.20. The van der Waals surface area contributed by atoms with E-state index in [0.717, 1.165) is 24.1 Å². The number of anilines is 1. The Balaban J connectivity index is 1.58. The lowest BCUT2D eigenvalue weighted by atomic mass is 9.75. The van der Waals surface area contributed by atoms with Gasteiger partial charge in [-0.05, 0) is 68.0 Å². The van der Waals surface area contributed by atoms with Crippen LogP contribution in [0, 0.1) is 30.3 Å². The molecule has 0 aromatic heterocycles. The van der Waals surface area contributed by atoms with Crippen LogP contribution in [0.4, 0.5) is 18.9 Å². The van der Waals surface area contributed by atoms with Crippen LogP contribution in [0.25, 0.3) is 0 Å². The number of aryl methyl sites for hydroxylation is 1. The van der Waals surface area contributed by atoms with Crippen molar-refractivity contribution in [2.45, 2.75) is 44.7 Å². The molecule has 2 saturated heterocycles. The van der Waals surface area contributed by atoms with Gasteiger partial charge in [0.1, 0.15) is 0 Å². The number of hydrogen-bond acceptors (Lipinski definition) is 3. The zero-order valence-corrected chi connectivity index (χ0v) is 18.2. The third kappa shape index (κ3) is 4.11. The van der Waals surface area contributed by atoms with Crippen molar-refractivity contribution in [3.05, 3.63) is 64.5 Å². The third-order valence-corrected chi connectivity index (χ3v) is 6.71. The fourth-order valence-electron chi connectivity index (χ4n) is 4.90. The maximum Gasteiger partial charge on any atom is 0.255 e. The van der Waals surface area contributed by atoms with Crippen molar-refractivity contribution < 1.29 is 22.8 Å². The minimum absolute atomic E-state index is 0.0506. The van der Waals surface area contributed by atoms with E-state index in [1.54, 1.807) is 18.2 Å². The molecule has 170 valence electrons. The summed E-state index contributed by atoms with van der Waals surface area (Å²) in [6, 6.07) is 7.08. The average Bonchev–Trinajstić information content (AvgIpc) is 2.76. The molecule has 4 rings (SSSR count). The van der Waals surface area contributed by atoms with Crippen LogP contribution in [0.1, 0.15) is 47.2 Å². The Kier molecular flexibility index (Phi) is 5.99. The first-order valence-electron chi connectivity index (χ1n) is 10.7. The Hall–Kier alpha value is -2.87. The number of carbonyl (C=O) groups excluding carboxylic acids is 2. The Labute approximate surface area is 185 Å². The number of carbonyl (C=O) groups is 2. The summed E-state index contributed by atoms with van der Waals surface area (Å²) in [5, 5.41) is 6.08. The monoisotopic (exact) mass is 445 g/mol. The van der Waals surface area contributed by atoms with Gasteiger partial charge in [0.15, 0.2) is 17.5 Å². The summed E-state index contributed by atoms with van der Waals surface area (Å²) in [7, 11) is 1.85. The van der Waals surface area contributed by atoms with E-state index in [1.807, 2.05) is 18.9 Å². The summed E-state index contributed by atoms with van der Waals surface area (Å²) in [6.07, 6.45) is 1.62. The van der Waals surface area contributed by atoms with Gasteiger partial charge < -0.3 is 15.5 Å². The van der Waals surface area contributed by atoms with Crippen molar-refractivity contribution in [3.63, 3.8) is 0 Å². The Morgan fingerprint density at radius 1 is 1.12 bits per heavy atom. The van der Waals surface area contributed by atoms with Crippen molar-refractivity contribution in [3.8, 4) is 0 Å². The van der Waals surface area contributed by atoms with Gasteiger partial charge in [0.2, 0.25) is 5.91 Å². The van der Waals surface area contributed by atoms with Crippen LogP contribution in [-0.2, 0) is 4.79 Å². The summed E-state index contributed by atoms with van der Waals surface area (Å²) < 4.78 is 40.2. The van der Waals surface area contributed by atoms with Gasteiger partial charge in [0.05, 0.1) is 5.92 Å². The first-order valence-corrected chi connectivity index (χ1v) is 10.7. The predicted molar refractivity (Wildman–Crippen MR) is 115 cm³/mol. The molecule has 2 aromatic rings. The topological polar surface area (TPSA) is 61.4 Å². The van der Waals surface area contributed by atoms with Gasteiger partial charge in [-0.25, -0.2) is 13.2 Å². The fourth-order valence-corrected chi connectivity index (χ4v) is 4.90. The summed E-state index contributed by atoms with van der Waals surface area (Å²) in [5.41, 5.74) is 1.80. The van der Waals surface area contributed by atoms with Crippen molar-refractivity contribution in [2.24, 2.45) is 5.92 Å². The van der Waals surface area contributed by atoms with Gasteiger partial charge in [-0.3, -0.25) is 9.59 Å². The number of halogens is 3. The van der Waals surface area contributed by atoms with Gasteiger partial charge in [0, 0.05) is 36.9 Å². The van der Waals surface area contributed by atoms with Gasteiger partial charge in [-0.2, -0.15) is 0 Å². The zero-order valence-electron chi connectivity index (χ0n) is 18.2. The molecule has 0 radical (unpaired) electrons. The molecule has 2 aliphatic rings. The Morgan fingerprint density at radius 3 is 2.50 bits per heavy atom. The molecular formula is C24H26F3N3O2. The number of nitrogens with one attached hydrogen (secondary N) is 2. The van der Waals surface area contributed by atoms with Gasteiger partial charge >= 0.3 is 0 Å². The van der Waals surface area contributed by atoms with Crippen LogP contribution in [0.5, 0.6) is 0 Å². The molecule has 5 nitrogen and oxygen atoms in total. The highest BCUT2D eigenvalue weighted by Gasteiger charge is 2.43. The van der Waals surface area contributed by atoms with Gasteiger partial charge in [0.25, 0.3) is 5.91 Å². The highest BCUT2D eigenvalue weighted by atomic mass is 19.2. The number of piperidine rings is 2. The van der Waals surface area contributed by atoms with E-state index in [9.17, 15) is 22.8 Å². The third-order valence-electron chi connectivity index (χ3n) is 6.71. The average molecular weight is 445 g/mol. The predicted octanol–water partition coefficient (Wildman–Crippen LogP) is 3.98. The SMILES string of the molecule is Cc1ccc(NC(=O)c2cc(F)c(F)c(F)c2)cc1C1CC2CNC(C)CC2N(C)C1=O.